The van der Waals surface area contributed by atoms with Crippen molar-refractivity contribution in [1.82, 2.24) is 10.2 Å². The van der Waals surface area contributed by atoms with E-state index < -0.39 is 0 Å². The van der Waals surface area contributed by atoms with Crippen LogP contribution in [0.15, 0.2) is 45.4 Å². The summed E-state index contributed by atoms with van der Waals surface area (Å²) in [6, 6.07) is 9.79. The Morgan fingerprint density at radius 3 is 2.74 bits per heavy atom. The van der Waals surface area contributed by atoms with Gasteiger partial charge in [0.15, 0.2) is 0 Å². The van der Waals surface area contributed by atoms with E-state index in [1.54, 1.807) is 0 Å². The number of amides is 1. The van der Waals surface area contributed by atoms with Crippen molar-refractivity contribution < 1.29 is 9.21 Å². The SMILES string of the molecule is Cc1cc(C)cc(NC(=O)CSc2nnc(-c3cccs3)o2)c1. The molecule has 0 aliphatic carbocycles. The minimum Gasteiger partial charge on any atom is -0.410 e. The zero-order valence-corrected chi connectivity index (χ0v) is 14.3. The van der Waals surface area contributed by atoms with Gasteiger partial charge in [0.25, 0.3) is 11.1 Å². The minimum absolute atomic E-state index is 0.101. The van der Waals surface area contributed by atoms with Crippen LogP contribution in [0.2, 0.25) is 0 Å². The molecule has 118 valence electrons. The molecule has 0 unspecified atom stereocenters. The van der Waals surface area contributed by atoms with Gasteiger partial charge in [-0.05, 0) is 48.6 Å². The Morgan fingerprint density at radius 1 is 1.26 bits per heavy atom. The summed E-state index contributed by atoms with van der Waals surface area (Å²) in [5, 5.41) is 13.2. The number of carbonyl (C=O) groups excluding carboxylic acids is 1. The summed E-state index contributed by atoms with van der Waals surface area (Å²) in [6.45, 7) is 4.00. The number of rotatable bonds is 5. The Morgan fingerprint density at radius 2 is 2.04 bits per heavy atom. The number of hydrogen-bond donors (Lipinski definition) is 1. The minimum atomic E-state index is -0.101. The molecular formula is C16H15N3O2S2. The van der Waals surface area contributed by atoms with E-state index in [-0.39, 0.29) is 11.7 Å². The number of benzene rings is 1. The first-order chi connectivity index (χ1) is 11.1. The van der Waals surface area contributed by atoms with Crippen molar-refractivity contribution in [2.45, 2.75) is 19.1 Å². The van der Waals surface area contributed by atoms with Gasteiger partial charge in [-0.1, -0.05) is 23.9 Å². The van der Waals surface area contributed by atoms with Gasteiger partial charge in [0.1, 0.15) is 0 Å². The Kier molecular flexibility index (Phi) is 4.78. The van der Waals surface area contributed by atoms with Crippen molar-refractivity contribution >= 4 is 34.7 Å². The fraction of sp³-hybridized carbons (Fsp3) is 0.188. The van der Waals surface area contributed by atoms with Crippen molar-refractivity contribution in [3.8, 4) is 10.8 Å². The molecular weight excluding hydrogens is 330 g/mol. The molecule has 3 rings (SSSR count). The van der Waals surface area contributed by atoms with Crippen molar-refractivity contribution in [3.05, 3.63) is 46.8 Å². The molecule has 0 aliphatic rings. The average Bonchev–Trinajstić information content (AvgIpc) is 3.15. The smallest absolute Gasteiger partial charge is 0.277 e. The molecule has 5 nitrogen and oxygen atoms in total. The number of anilines is 1. The van der Waals surface area contributed by atoms with Gasteiger partial charge in [-0.25, -0.2) is 0 Å². The number of carbonyl (C=O) groups is 1. The number of aryl methyl sites for hydroxylation is 2. The highest BCUT2D eigenvalue weighted by Gasteiger charge is 2.12. The fourth-order valence-corrected chi connectivity index (χ4v) is 3.35. The molecule has 0 saturated carbocycles. The molecule has 1 amide bonds. The van der Waals surface area contributed by atoms with E-state index in [9.17, 15) is 4.79 Å². The van der Waals surface area contributed by atoms with Crippen LogP contribution in [0.5, 0.6) is 0 Å². The molecule has 2 heterocycles. The van der Waals surface area contributed by atoms with E-state index in [1.807, 2.05) is 43.5 Å². The topological polar surface area (TPSA) is 68.0 Å². The van der Waals surface area contributed by atoms with Gasteiger partial charge in [-0.15, -0.1) is 21.5 Å². The number of thioether (sulfide) groups is 1. The van der Waals surface area contributed by atoms with Gasteiger partial charge >= 0.3 is 0 Å². The number of nitrogens with one attached hydrogen (secondary N) is 1. The molecule has 0 saturated heterocycles. The van der Waals surface area contributed by atoms with E-state index in [0.717, 1.165) is 21.7 Å². The third kappa shape index (κ3) is 4.20. The number of nitrogens with zero attached hydrogens (tertiary/aromatic N) is 2. The molecule has 7 heteroatoms. The lowest BCUT2D eigenvalue weighted by molar-refractivity contribution is -0.113. The second-order valence-electron chi connectivity index (χ2n) is 5.06. The van der Waals surface area contributed by atoms with Crippen LogP contribution in [0.3, 0.4) is 0 Å². The predicted octanol–water partition coefficient (Wildman–Crippen LogP) is 4.15. The van der Waals surface area contributed by atoms with Gasteiger partial charge in [0.05, 0.1) is 10.6 Å². The summed E-state index contributed by atoms with van der Waals surface area (Å²) >= 11 is 2.76. The molecule has 0 aliphatic heterocycles. The average molecular weight is 345 g/mol. The van der Waals surface area contributed by atoms with Crippen LogP contribution in [-0.2, 0) is 4.79 Å². The molecule has 1 N–H and O–H groups in total. The molecule has 0 radical (unpaired) electrons. The highest BCUT2D eigenvalue weighted by Crippen LogP contribution is 2.26. The maximum absolute atomic E-state index is 12.0. The van der Waals surface area contributed by atoms with Crippen LogP contribution in [0.1, 0.15) is 11.1 Å². The van der Waals surface area contributed by atoms with E-state index in [4.69, 9.17) is 4.42 Å². The first-order valence-electron chi connectivity index (χ1n) is 6.98. The molecule has 2 aromatic heterocycles. The standard InChI is InChI=1S/C16H15N3O2S2/c1-10-6-11(2)8-12(7-10)17-14(20)9-23-16-19-18-15(21-16)13-4-3-5-22-13/h3-8H,9H2,1-2H3,(H,17,20). The molecule has 0 fully saturated rings. The van der Waals surface area contributed by atoms with Crippen molar-refractivity contribution in [3.63, 3.8) is 0 Å². The van der Waals surface area contributed by atoms with E-state index >= 15 is 0 Å². The van der Waals surface area contributed by atoms with Gasteiger partial charge in [0, 0.05) is 5.69 Å². The largest absolute Gasteiger partial charge is 0.410 e. The highest BCUT2D eigenvalue weighted by molar-refractivity contribution is 7.99. The van der Waals surface area contributed by atoms with Gasteiger partial charge in [-0.3, -0.25) is 4.79 Å². The van der Waals surface area contributed by atoms with E-state index in [0.29, 0.717) is 11.1 Å². The van der Waals surface area contributed by atoms with E-state index in [2.05, 4.69) is 21.6 Å². The van der Waals surface area contributed by atoms with Crippen LogP contribution >= 0.6 is 23.1 Å². The quantitative estimate of drug-likeness (QED) is 0.704. The zero-order valence-electron chi connectivity index (χ0n) is 12.7. The summed E-state index contributed by atoms with van der Waals surface area (Å²) in [4.78, 5) is 12.9. The van der Waals surface area contributed by atoms with Gasteiger partial charge in [-0.2, -0.15) is 0 Å². The number of aromatic nitrogens is 2. The monoisotopic (exact) mass is 345 g/mol. The normalized spacial score (nSPS) is 10.7. The zero-order chi connectivity index (χ0) is 16.2. The summed E-state index contributed by atoms with van der Waals surface area (Å²) in [5.74, 6) is 0.604. The Balaban J connectivity index is 1.57. The van der Waals surface area contributed by atoms with E-state index in [1.165, 1.54) is 23.1 Å². The maximum atomic E-state index is 12.0. The molecule has 0 spiro atoms. The van der Waals surface area contributed by atoms with Gasteiger partial charge < -0.3 is 9.73 Å². The van der Waals surface area contributed by atoms with Crippen molar-refractivity contribution in [2.24, 2.45) is 0 Å². The van der Waals surface area contributed by atoms with Crippen LogP contribution in [0.4, 0.5) is 5.69 Å². The molecule has 23 heavy (non-hydrogen) atoms. The van der Waals surface area contributed by atoms with Crippen LogP contribution in [0, 0.1) is 13.8 Å². The number of hydrogen-bond acceptors (Lipinski definition) is 6. The second kappa shape index (κ2) is 6.97. The van der Waals surface area contributed by atoms with Crippen LogP contribution in [0.25, 0.3) is 10.8 Å². The maximum Gasteiger partial charge on any atom is 0.277 e. The Bertz CT molecular complexity index is 792. The summed E-state index contributed by atoms with van der Waals surface area (Å²) in [7, 11) is 0. The first kappa shape index (κ1) is 15.8. The van der Waals surface area contributed by atoms with Crippen LogP contribution < -0.4 is 5.32 Å². The van der Waals surface area contributed by atoms with Gasteiger partial charge in [0.2, 0.25) is 5.91 Å². The molecule has 3 aromatic rings. The Hall–Kier alpha value is -2.12. The molecule has 1 aromatic carbocycles. The second-order valence-corrected chi connectivity index (χ2v) is 6.94. The predicted molar refractivity (Wildman–Crippen MR) is 92.9 cm³/mol. The summed E-state index contributed by atoms with van der Waals surface area (Å²) < 4.78 is 5.54. The van der Waals surface area contributed by atoms with Crippen LogP contribution in [-0.4, -0.2) is 21.9 Å². The highest BCUT2D eigenvalue weighted by atomic mass is 32.2. The van der Waals surface area contributed by atoms with Crippen molar-refractivity contribution in [2.75, 3.05) is 11.1 Å². The molecule has 0 atom stereocenters. The number of thiophene rings is 1. The lowest BCUT2D eigenvalue weighted by atomic mass is 10.1. The Labute approximate surface area is 142 Å². The molecule has 0 bridgehead atoms. The summed E-state index contributed by atoms with van der Waals surface area (Å²) in [5.41, 5.74) is 3.04. The lowest BCUT2D eigenvalue weighted by Gasteiger charge is -2.06. The summed E-state index contributed by atoms with van der Waals surface area (Å²) in [6.07, 6.45) is 0. The fourth-order valence-electron chi connectivity index (χ4n) is 2.14. The third-order valence-electron chi connectivity index (χ3n) is 2.97. The third-order valence-corrected chi connectivity index (χ3v) is 4.65. The first-order valence-corrected chi connectivity index (χ1v) is 8.85. The van der Waals surface area contributed by atoms with Crippen molar-refractivity contribution in [1.29, 1.82) is 0 Å². The lowest BCUT2D eigenvalue weighted by Crippen LogP contribution is -2.14.